The third kappa shape index (κ3) is 4.02. The zero-order chi connectivity index (χ0) is 25.8. The van der Waals surface area contributed by atoms with Crippen LogP contribution in [0.5, 0.6) is 11.5 Å². The van der Waals surface area contributed by atoms with Crippen LogP contribution in [0.3, 0.4) is 0 Å². The number of anilines is 1. The predicted octanol–water partition coefficient (Wildman–Crippen LogP) is 2.50. The van der Waals surface area contributed by atoms with Crippen LogP contribution in [-0.4, -0.2) is 89.2 Å². The summed E-state index contributed by atoms with van der Waals surface area (Å²) in [5.41, 5.74) is -0.493. The molecule has 3 aliphatic heterocycles. The Labute approximate surface area is 213 Å². The Bertz CT molecular complexity index is 1220. The van der Waals surface area contributed by atoms with Gasteiger partial charge in [0.1, 0.15) is 40.3 Å². The monoisotopic (exact) mass is 517 g/mol. The van der Waals surface area contributed by atoms with Crippen molar-refractivity contribution in [3.8, 4) is 22.8 Å². The second-order valence-corrected chi connectivity index (χ2v) is 10.4. The van der Waals surface area contributed by atoms with Gasteiger partial charge in [0.2, 0.25) is 5.91 Å². The summed E-state index contributed by atoms with van der Waals surface area (Å²) < 4.78 is 21.1. The van der Waals surface area contributed by atoms with Crippen LogP contribution in [0.2, 0.25) is 5.02 Å². The Morgan fingerprint density at radius 3 is 2.75 bits per heavy atom. The molecule has 4 heterocycles. The largest absolute Gasteiger partial charge is 0.507 e. The van der Waals surface area contributed by atoms with Crippen molar-refractivity contribution < 1.29 is 23.8 Å². The van der Waals surface area contributed by atoms with E-state index < -0.39 is 11.4 Å². The van der Waals surface area contributed by atoms with Gasteiger partial charge in [-0.3, -0.25) is 9.59 Å². The number of fused-ring (bicyclic) bond motifs is 2. The van der Waals surface area contributed by atoms with E-state index in [2.05, 4.69) is 5.32 Å². The molecule has 3 aliphatic rings. The average Bonchev–Trinajstić information content (AvgIpc) is 2.97. The Balaban J connectivity index is 1.71. The zero-order valence-electron chi connectivity index (χ0n) is 20.5. The molecule has 1 atom stereocenters. The fourth-order valence-corrected chi connectivity index (χ4v) is 5.71. The van der Waals surface area contributed by atoms with Crippen LogP contribution in [0.25, 0.3) is 11.3 Å². The number of aromatic nitrogens is 1. The van der Waals surface area contributed by atoms with Gasteiger partial charge in [-0.05, 0) is 26.0 Å². The lowest BCUT2D eigenvalue weighted by Crippen LogP contribution is -2.61. The maximum atomic E-state index is 14.9. The molecule has 36 heavy (non-hydrogen) atoms. The number of aromatic hydroxyl groups is 1. The molecule has 0 unspecified atom stereocenters. The first-order valence-electron chi connectivity index (χ1n) is 12.0. The standard InChI is InChI=1S/C25H29ClFN5O4/c1-14(33)32-10-9-30(13-25(32,2)3)23-19-22(36-12-15-11-28-7-8-31(15)24(19)35)20(26)21(29-23)18-16(27)5-4-6-17(18)34/h4-6,15,28,34H,7-13H2,1-3H3/t15-/m1/s1. The molecule has 1 aromatic heterocycles. The highest BCUT2D eigenvalue weighted by Crippen LogP contribution is 2.46. The van der Waals surface area contributed by atoms with Crippen molar-refractivity contribution >= 4 is 29.2 Å². The van der Waals surface area contributed by atoms with Gasteiger partial charge < -0.3 is 29.9 Å². The molecule has 2 fully saturated rings. The summed E-state index contributed by atoms with van der Waals surface area (Å²) in [6.45, 7) is 8.58. The second kappa shape index (κ2) is 9.08. The molecule has 2 aromatic rings. The summed E-state index contributed by atoms with van der Waals surface area (Å²) in [5.74, 6) is -0.882. The van der Waals surface area contributed by atoms with Crippen LogP contribution in [0.15, 0.2) is 18.2 Å². The first kappa shape index (κ1) is 24.6. The van der Waals surface area contributed by atoms with Crippen molar-refractivity contribution in [1.29, 1.82) is 0 Å². The number of carbonyl (C=O) groups is 2. The topological polar surface area (TPSA) is 98.2 Å². The van der Waals surface area contributed by atoms with Crippen LogP contribution < -0.4 is 15.0 Å². The average molecular weight is 518 g/mol. The Morgan fingerprint density at radius 2 is 2.06 bits per heavy atom. The van der Waals surface area contributed by atoms with Crippen molar-refractivity contribution in [3.63, 3.8) is 0 Å². The van der Waals surface area contributed by atoms with E-state index in [0.29, 0.717) is 45.1 Å². The molecule has 192 valence electrons. The number of rotatable bonds is 2. The molecule has 9 nitrogen and oxygen atoms in total. The van der Waals surface area contributed by atoms with E-state index in [1.54, 1.807) is 9.80 Å². The SMILES string of the molecule is CC(=O)N1CCN(c2nc(-c3c(O)cccc3F)c(Cl)c3c2C(=O)N2CCNC[C@@H]2CO3)CC1(C)C. The number of ether oxygens (including phenoxy) is 1. The lowest BCUT2D eigenvalue weighted by atomic mass is 9.97. The third-order valence-electron chi connectivity index (χ3n) is 7.13. The van der Waals surface area contributed by atoms with E-state index in [-0.39, 0.29) is 57.8 Å². The summed E-state index contributed by atoms with van der Waals surface area (Å²) in [6, 6.07) is 3.76. The summed E-state index contributed by atoms with van der Waals surface area (Å²) >= 11 is 6.75. The first-order valence-corrected chi connectivity index (χ1v) is 12.4. The molecule has 2 saturated heterocycles. The van der Waals surface area contributed by atoms with Crippen molar-refractivity contribution in [2.75, 3.05) is 50.8 Å². The molecule has 0 bridgehead atoms. The summed E-state index contributed by atoms with van der Waals surface area (Å²) in [7, 11) is 0. The molecule has 0 saturated carbocycles. The molecule has 5 rings (SSSR count). The maximum absolute atomic E-state index is 14.9. The van der Waals surface area contributed by atoms with Crippen molar-refractivity contribution in [2.45, 2.75) is 32.4 Å². The smallest absolute Gasteiger partial charge is 0.261 e. The summed E-state index contributed by atoms with van der Waals surface area (Å²) in [6.07, 6.45) is 0. The molecule has 2 N–H and O–H groups in total. The number of halogens is 2. The van der Waals surface area contributed by atoms with Gasteiger partial charge >= 0.3 is 0 Å². The minimum atomic E-state index is -0.696. The van der Waals surface area contributed by atoms with Crippen LogP contribution in [0, 0.1) is 5.82 Å². The van der Waals surface area contributed by atoms with E-state index in [0.717, 1.165) is 0 Å². The van der Waals surface area contributed by atoms with Crippen LogP contribution in [-0.2, 0) is 4.79 Å². The third-order valence-corrected chi connectivity index (χ3v) is 7.48. The lowest BCUT2D eigenvalue weighted by molar-refractivity contribution is -0.134. The number of nitrogens with zero attached hydrogens (tertiary/aromatic N) is 4. The van der Waals surface area contributed by atoms with Crippen LogP contribution >= 0.6 is 11.6 Å². The number of amides is 2. The highest BCUT2D eigenvalue weighted by atomic mass is 35.5. The van der Waals surface area contributed by atoms with E-state index in [9.17, 15) is 19.1 Å². The molecule has 0 radical (unpaired) electrons. The van der Waals surface area contributed by atoms with Crippen LogP contribution in [0.1, 0.15) is 31.1 Å². The highest BCUT2D eigenvalue weighted by molar-refractivity contribution is 6.35. The predicted molar refractivity (Wildman–Crippen MR) is 133 cm³/mol. The van der Waals surface area contributed by atoms with Crippen LogP contribution in [0.4, 0.5) is 10.2 Å². The van der Waals surface area contributed by atoms with E-state index in [1.165, 1.54) is 25.1 Å². The molecule has 1 aromatic carbocycles. The Morgan fingerprint density at radius 1 is 1.28 bits per heavy atom. The van der Waals surface area contributed by atoms with Gasteiger partial charge in [0, 0.05) is 46.2 Å². The molecule has 11 heteroatoms. The molecular formula is C25H29ClFN5O4. The number of benzene rings is 1. The number of nitrogens with one attached hydrogen (secondary N) is 1. The van der Waals surface area contributed by atoms with Gasteiger partial charge in [0.25, 0.3) is 5.91 Å². The Hall–Kier alpha value is -3.11. The van der Waals surface area contributed by atoms with Crippen molar-refractivity contribution in [1.82, 2.24) is 20.1 Å². The number of piperazine rings is 2. The first-order chi connectivity index (χ1) is 17.1. The number of hydrogen-bond acceptors (Lipinski definition) is 7. The number of carbonyl (C=O) groups excluding carboxylic acids is 2. The minimum Gasteiger partial charge on any atom is -0.507 e. The van der Waals surface area contributed by atoms with Crippen molar-refractivity contribution in [2.24, 2.45) is 0 Å². The normalized spacial score (nSPS) is 21.4. The second-order valence-electron chi connectivity index (χ2n) is 10.0. The maximum Gasteiger partial charge on any atom is 0.261 e. The molecule has 0 aliphatic carbocycles. The van der Waals surface area contributed by atoms with E-state index in [1.807, 2.05) is 18.7 Å². The minimum absolute atomic E-state index is 0.00128. The fourth-order valence-electron chi connectivity index (χ4n) is 5.42. The lowest BCUT2D eigenvalue weighted by Gasteiger charge is -2.47. The molecular weight excluding hydrogens is 489 g/mol. The van der Waals surface area contributed by atoms with Gasteiger partial charge in [-0.1, -0.05) is 17.7 Å². The molecule has 0 spiro atoms. The summed E-state index contributed by atoms with van der Waals surface area (Å²) in [4.78, 5) is 36.3. The number of hydrogen-bond donors (Lipinski definition) is 2. The Kier molecular flexibility index (Phi) is 6.20. The number of phenols is 1. The van der Waals surface area contributed by atoms with Gasteiger partial charge in [0.05, 0.1) is 17.1 Å². The summed E-state index contributed by atoms with van der Waals surface area (Å²) in [5, 5.41) is 13.8. The zero-order valence-corrected chi connectivity index (χ0v) is 21.2. The fraction of sp³-hybridized carbons (Fsp3) is 0.480. The van der Waals surface area contributed by atoms with E-state index in [4.69, 9.17) is 21.3 Å². The van der Waals surface area contributed by atoms with Gasteiger partial charge in [-0.25, -0.2) is 9.37 Å². The van der Waals surface area contributed by atoms with E-state index >= 15 is 0 Å². The van der Waals surface area contributed by atoms with Crippen molar-refractivity contribution in [3.05, 3.63) is 34.6 Å². The highest BCUT2D eigenvalue weighted by Gasteiger charge is 2.42. The number of pyridine rings is 1. The number of phenolic OH excluding ortho intramolecular Hbond substituents is 1. The van der Waals surface area contributed by atoms with Gasteiger partial charge in [-0.15, -0.1) is 0 Å². The van der Waals surface area contributed by atoms with Gasteiger partial charge in [0.15, 0.2) is 5.75 Å². The quantitative estimate of drug-likeness (QED) is 0.631. The van der Waals surface area contributed by atoms with Gasteiger partial charge in [-0.2, -0.15) is 0 Å². The molecule has 2 amide bonds.